The summed E-state index contributed by atoms with van der Waals surface area (Å²) < 4.78 is 2.88. The minimum absolute atomic E-state index is 0.123. The molecule has 0 spiro atoms. The van der Waals surface area contributed by atoms with E-state index in [2.05, 4.69) is 10.4 Å². The lowest BCUT2D eigenvalue weighted by Crippen LogP contribution is -2.33. The molecule has 7 nitrogen and oxygen atoms in total. The lowest BCUT2D eigenvalue weighted by atomic mass is 10.0. The Bertz CT molecular complexity index is 753. The Morgan fingerprint density at radius 3 is 2.77 bits per heavy atom. The predicted molar refractivity (Wildman–Crippen MR) is 80.5 cm³/mol. The van der Waals surface area contributed by atoms with Crippen LogP contribution in [0.3, 0.4) is 0 Å². The van der Waals surface area contributed by atoms with Crippen LogP contribution in [0.15, 0.2) is 29.2 Å². The molecule has 0 saturated carbocycles. The van der Waals surface area contributed by atoms with E-state index < -0.39 is 0 Å². The van der Waals surface area contributed by atoms with E-state index in [9.17, 15) is 9.59 Å². The topological polar surface area (TPSA) is 71.6 Å². The van der Waals surface area contributed by atoms with E-state index in [4.69, 9.17) is 0 Å². The lowest BCUT2D eigenvalue weighted by Gasteiger charge is -2.17. The van der Waals surface area contributed by atoms with Gasteiger partial charge in [0.25, 0.3) is 0 Å². The number of carbonyl (C=O) groups is 1. The Morgan fingerprint density at radius 1 is 1.27 bits per heavy atom. The van der Waals surface area contributed by atoms with E-state index in [1.807, 2.05) is 11.0 Å². The number of hydrogen-bond donors (Lipinski definition) is 1. The van der Waals surface area contributed by atoms with Gasteiger partial charge in [-0.15, -0.1) is 5.10 Å². The molecule has 4 rings (SSSR count). The van der Waals surface area contributed by atoms with Gasteiger partial charge in [0.05, 0.1) is 6.54 Å². The summed E-state index contributed by atoms with van der Waals surface area (Å²) in [7, 11) is 0. The molecule has 7 heteroatoms. The molecule has 2 atom stereocenters. The van der Waals surface area contributed by atoms with Crippen LogP contribution >= 0.6 is 0 Å². The molecule has 1 amide bonds. The molecular formula is C15H19N5O2. The summed E-state index contributed by atoms with van der Waals surface area (Å²) in [5.74, 6) is 1.32. The van der Waals surface area contributed by atoms with Crippen molar-refractivity contribution in [3.8, 4) is 0 Å². The van der Waals surface area contributed by atoms with Crippen LogP contribution in [0.2, 0.25) is 0 Å². The first-order valence-corrected chi connectivity index (χ1v) is 7.75. The number of hydrogen-bond acceptors (Lipinski definition) is 4. The number of likely N-dealkylation sites (tertiary alicyclic amines) is 1. The number of aryl methyl sites for hydroxylation is 1. The SMILES string of the molecule is O=C(CCn1nc2ccccn2c1=O)N1C[C@H]2CNC[C@H]2C1. The zero-order chi connectivity index (χ0) is 15.1. The molecule has 2 saturated heterocycles. The number of nitrogens with zero attached hydrogens (tertiary/aromatic N) is 4. The molecule has 2 aliphatic heterocycles. The molecular weight excluding hydrogens is 282 g/mol. The predicted octanol–water partition coefficient (Wildman–Crippen LogP) is -0.436. The van der Waals surface area contributed by atoms with Crippen LogP contribution in [0.1, 0.15) is 6.42 Å². The van der Waals surface area contributed by atoms with E-state index in [0.717, 1.165) is 26.2 Å². The van der Waals surface area contributed by atoms with Gasteiger partial charge < -0.3 is 10.2 Å². The smallest absolute Gasteiger partial charge is 0.342 e. The van der Waals surface area contributed by atoms with Crippen molar-refractivity contribution in [3.05, 3.63) is 34.9 Å². The van der Waals surface area contributed by atoms with Crippen molar-refractivity contribution < 1.29 is 4.79 Å². The van der Waals surface area contributed by atoms with Crippen LogP contribution in [-0.4, -0.2) is 51.2 Å². The molecule has 0 aromatic carbocycles. The number of carbonyl (C=O) groups excluding carboxylic acids is 1. The molecule has 2 aromatic heterocycles. The fourth-order valence-corrected chi connectivity index (χ4v) is 3.53. The molecule has 22 heavy (non-hydrogen) atoms. The van der Waals surface area contributed by atoms with Crippen molar-refractivity contribution in [1.29, 1.82) is 0 Å². The van der Waals surface area contributed by atoms with Crippen LogP contribution in [0.25, 0.3) is 5.65 Å². The molecule has 0 aliphatic carbocycles. The molecule has 2 fully saturated rings. The lowest BCUT2D eigenvalue weighted by molar-refractivity contribution is -0.130. The second-order valence-electron chi connectivity index (χ2n) is 6.16. The zero-order valence-electron chi connectivity index (χ0n) is 12.3. The molecule has 1 N–H and O–H groups in total. The van der Waals surface area contributed by atoms with Crippen molar-refractivity contribution >= 4 is 11.6 Å². The van der Waals surface area contributed by atoms with Crippen LogP contribution in [0.4, 0.5) is 0 Å². The van der Waals surface area contributed by atoms with Crippen molar-refractivity contribution in [1.82, 2.24) is 24.4 Å². The Balaban J connectivity index is 1.42. The van der Waals surface area contributed by atoms with Gasteiger partial charge in [-0.25, -0.2) is 9.48 Å². The first-order valence-electron chi connectivity index (χ1n) is 7.75. The maximum atomic E-state index is 12.3. The first kappa shape index (κ1) is 13.5. The molecule has 0 unspecified atom stereocenters. The summed E-state index contributed by atoms with van der Waals surface area (Å²) in [5, 5.41) is 7.62. The average molecular weight is 301 g/mol. The molecule has 116 valence electrons. The number of rotatable bonds is 3. The van der Waals surface area contributed by atoms with Gasteiger partial charge in [-0.1, -0.05) is 6.07 Å². The highest BCUT2D eigenvalue weighted by atomic mass is 16.2. The van der Waals surface area contributed by atoms with Crippen LogP contribution < -0.4 is 11.0 Å². The highest BCUT2D eigenvalue weighted by Gasteiger charge is 2.37. The monoisotopic (exact) mass is 301 g/mol. The summed E-state index contributed by atoms with van der Waals surface area (Å²) in [6.45, 7) is 4.05. The number of nitrogens with one attached hydrogen (secondary N) is 1. The highest BCUT2D eigenvalue weighted by Crippen LogP contribution is 2.26. The van der Waals surface area contributed by atoms with Crippen molar-refractivity contribution in [2.24, 2.45) is 11.8 Å². The summed E-state index contributed by atoms with van der Waals surface area (Å²) in [5.41, 5.74) is 0.424. The second kappa shape index (κ2) is 5.24. The highest BCUT2D eigenvalue weighted by molar-refractivity contribution is 5.76. The van der Waals surface area contributed by atoms with E-state index >= 15 is 0 Å². The molecule has 0 radical (unpaired) electrons. The van der Waals surface area contributed by atoms with Gasteiger partial charge in [0.2, 0.25) is 5.91 Å². The van der Waals surface area contributed by atoms with Gasteiger partial charge in [0.1, 0.15) is 0 Å². The van der Waals surface area contributed by atoms with Crippen molar-refractivity contribution in [2.45, 2.75) is 13.0 Å². The third-order valence-corrected chi connectivity index (χ3v) is 4.77. The van der Waals surface area contributed by atoms with Crippen molar-refractivity contribution in [3.63, 3.8) is 0 Å². The van der Waals surface area contributed by atoms with E-state index in [-0.39, 0.29) is 11.6 Å². The van der Waals surface area contributed by atoms with E-state index in [0.29, 0.717) is 30.4 Å². The van der Waals surface area contributed by atoms with Crippen molar-refractivity contribution in [2.75, 3.05) is 26.2 Å². The fourth-order valence-electron chi connectivity index (χ4n) is 3.53. The molecule has 2 aliphatic rings. The van der Waals surface area contributed by atoms with Gasteiger partial charge in [-0.2, -0.15) is 0 Å². The average Bonchev–Trinajstić information content (AvgIpc) is 3.19. The van der Waals surface area contributed by atoms with Crippen LogP contribution in [-0.2, 0) is 11.3 Å². The van der Waals surface area contributed by atoms with Gasteiger partial charge in [-0.3, -0.25) is 9.20 Å². The van der Waals surface area contributed by atoms with E-state index in [1.165, 1.54) is 9.08 Å². The molecule has 0 bridgehead atoms. The van der Waals surface area contributed by atoms with E-state index in [1.54, 1.807) is 18.3 Å². The molecule has 2 aromatic rings. The Labute approximate surface area is 127 Å². The Morgan fingerprint density at radius 2 is 2.05 bits per heavy atom. The number of aromatic nitrogens is 3. The maximum Gasteiger partial charge on any atom is 0.350 e. The summed E-state index contributed by atoms with van der Waals surface area (Å²) in [6, 6.07) is 5.42. The summed E-state index contributed by atoms with van der Waals surface area (Å²) in [6.07, 6.45) is 2.02. The fraction of sp³-hybridized carbons (Fsp3) is 0.533. The van der Waals surface area contributed by atoms with Gasteiger partial charge >= 0.3 is 5.69 Å². The van der Waals surface area contributed by atoms with Crippen LogP contribution in [0, 0.1) is 11.8 Å². The maximum absolute atomic E-state index is 12.3. The zero-order valence-corrected chi connectivity index (χ0v) is 12.3. The minimum Gasteiger partial charge on any atom is -0.342 e. The van der Waals surface area contributed by atoms with Gasteiger partial charge in [-0.05, 0) is 24.0 Å². The Hall–Kier alpha value is -2.15. The van der Waals surface area contributed by atoms with Gasteiger partial charge in [0, 0.05) is 38.8 Å². The first-order chi connectivity index (χ1) is 10.7. The largest absolute Gasteiger partial charge is 0.350 e. The molecule has 4 heterocycles. The summed E-state index contributed by atoms with van der Waals surface area (Å²) in [4.78, 5) is 26.4. The Kier molecular flexibility index (Phi) is 3.22. The standard InChI is InChI=1S/C15H19N5O2/c21-14(18-9-11-7-16-8-12(11)10-18)4-6-20-15(22)19-5-2-1-3-13(19)17-20/h1-3,5,11-12,16H,4,6-10H2/t11-,12+. The quantitative estimate of drug-likeness (QED) is 0.834. The minimum atomic E-state index is -0.189. The number of amides is 1. The summed E-state index contributed by atoms with van der Waals surface area (Å²) >= 11 is 0. The second-order valence-corrected chi connectivity index (χ2v) is 6.16. The number of fused-ring (bicyclic) bond motifs is 2. The normalized spacial score (nSPS) is 24.1. The van der Waals surface area contributed by atoms with Gasteiger partial charge in [0.15, 0.2) is 5.65 Å². The van der Waals surface area contributed by atoms with Crippen LogP contribution in [0.5, 0.6) is 0 Å². The number of pyridine rings is 1. The third-order valence-electron chi connectivity index (χ3n) is 4.77. The third kappa shape index (κ3) is 2.21.